The maximum absolute atomic E-state index is 12.7. The topological polar surface area (TPSA) is 28.4 Å². The summed E-state index contributed by atoms with van der Waals surface area (Å²) in [7, 11) is 0. The lowest BCUT2D eigenvalue weighted by atomic mass is 9.99. The number of rotatable bonds is 3. The molecule has 4 rings (SSSR count). The number of alkyl halides is 4. The number of hydrogen-bond donors (Lipinski definition) is 1. The van der Waals surface area contributed by atoms with Gasteiger partial charge < -0.3 is 14.6 Å². The Hall–Kier alpha value is -1.21. The number of fused-ring (bicyclic) bond motifs is 3. The lowest BCUT2D eigenvalue weighted by Crippen LogP contribution is -2.45. The number of halogens is 5. The van der Waals surface area contributed by atoms with Gasteiger partial charge in [-0.1, -0.05) is 17.7 Å². The minimum Gasteiger partial charge on any atom is -0.391 e. The molecule has 3 atom stereocenters. The van der Waals surface area contributed by atoms with Crippen LogP contribution in [0.5, 0.6) is 0 Å². The highest BCUT2D eigenvalue weighted by atomic mass is 35.5. The number of allylic oxidation sites excluding steroid dienone is 1. The van der Waals surface area contributed by atoms with Crippen molar-refractivity contribution in [3.63, 3.8) is 0 Å². The summed E-state index contributed by atoms with van der Waals surface area (Å²) < 4.78 is 40.0. The van der Waals surface area contributed by atoms with Gasteiger partial charge in [-0.2, -0.15) is 13.2 Å². The van der Waals surface area contributed by atoms with Crippen molar-refractivity contribution < 1.29 is 18.3 Å². The number of aliphatic hydroxyl groups is 1. The van der Waals surface area contributed by atoms with Gasteiger partial charge in [0.1, 0.15) is 0 Å². The fraction of sp³-hybridized carbons (Fsp3) is 0.500. The molecule has 0 radical (unpaired) electrons. The van der Waals surface area contributed by atoms with Gasteiger partial charge >= 0.3 is 6.18 Å². The third kappa shape index (κ3) is 3.92. The molecule has 1 fully saturated rings. The molecule has 0 saturated carbocycles. The second kappa shape index (κ2) is 7.56. The molecule has 2 heterocycles. The summed E-state index contributed by atoms with van der Waals surface area (Å²) >= 11 is 12.5. The largest absolute Gasteiger partial charge is 0.391 e. The van der Waals surface area contributed by atoms with E-state index in [4.69, 9.17) is 23.2 Å². The van der Waals surface area contributed by atoms with Crippen molar-refractivity contribution in [1.82, 2.24) is 9.47 Å². The molecule has 0 spiro atoms. The van der Waals surface area contributed by atoms with Crippen LogP contribution in [0.25, 0.3) is 17.0 Å². The van der Waals surface area contributed by atoms with Crippen LogP contribution in [-0.4, -0.2) is 51.9 Å². The van der Waals surface area contributed by atoms with E-state index in [1.807, 2.05) is 24.3 Å². The number of piperidine rings is 1. The van der Waals surface area contributed by atoms with Crippen LogP contribution in [0.3, 0.4) is 0 Å². The Kier molecular flexibility index (Phi) is 5.42. The van der Waals surface area contributed by atoms with Crippen LogP contribution in [0.2, 0.25) is 5.02 Å². The zero-order valence-corrected chi connectivity index (χ0v) is 16.6. The molecule has 8 heteroatoms. The number of likely N-dealkylation sites (tertiary alicyclic amines) is 1. The molecule has 1 saturated heterocycles. The smallest absolute Gasteiger partial charge is 0.390 e. The van der Waals surface area contributed by atoms with Crippen LogP contribution in [0.15, 0.2) is 24.3 Å². The van der Waals surface area contributed by atoms with E-state index >= 15 is 0 Å². The summed E-state index contributed by atoms with van der Waals surface area (Å²) in [5.41, 5.74) is 2.95. The van der Waals surface area contributed by atoms with Gasteiger partial charge in [-0.15, -0.1) is 11.6 Å². The normalized spacial score (nSPS) is 26.0. The van der Waals surface area contributed by atoms with Gasteiger partial charge in [0.25, 0.3) is 0 Å². The lowest BCUT2D eigenvalue weighted by molar-refractivity contribution is -0.139. The van der Waals surface area contributed by atoms with Crippen LogP contribution in [0, 0.1) is 0 Å². The van der Waals surface area contributed by atoms with Gasteiger partial charge in [0, 0.05) is 41.3 Å². The standard InChI is InChI=1S/C20H21Cl2F3N2O/c21-12-1-3-16-14(9-12)15-10-13(22)2-4-17(15)27(16)18-11-26(7-5-19(18)28)8-6-20(23,24)25/h1-4,9,13,18-19,28H,5-8,10-11H2/t13?,18-,19-/m1/s1. The Bertz CT molecular complexity index is 909. The third-order valence-corrected chi connectivity index (χ3v) is 6.18. The number of benzene rings is 1. The molecule has 1 aliphatic carbocycles. The summed E-state index contributed by atoms with van der Waals surface area (Å²) in [6.07, 6.45) is -0.698. The van der Waals surface area contributed by atoms with E-state index in [9.17, 15) is 18.3 Å². The Labute approximate surface area is 171 Å². The first-order valence-electron chi connectivity index (χ1n) is 9.35. The Morgan fingerprint density at radius 1 is 1.25 bits per heavy atom. The molecule has 2 aromatic rings. The van der Waals surface area contributed by atoms with Crippen molar-refractivity contribution >= 4 is 40.2 Å². The minimum atomic E-state index is -4.18. The summed E-state index contributed by atoms with van der Waals surface area (Å²) in [5, 5.41) is 12.2. The Morgan fingerprint density at radius 3 is 2.79 bits per heavy atom. The van der Waals surface area contributed by atoms with Crippen LogP contribution in [-0.2, 0) is 6.42 Å². The van der Waals surface area contributed by atoms with Crippen molar-refractivity contribution in [2.45, 2.75) is 43.0 Å². The maximum atomic E-state index is 12.7. The molecule has 28 heavy (non-hydrogen) atoms. The van der Waals surface area contributed by atoms with E-state index in [0.29, 0.717) is 31.0 Å². The average molecular weight is 433 g/mol. The van der Waals surface area contributed by atoms with Crippen molar-refractivity contribution in [2.24, 2.45) is 0 Å². The summed E-state index contributed by atoms with van der Waals surface area (Å²) in [6, 6.07) is 5.27. The number of aliphatic hydroxyl groups excluding tert-OH is 1. The number of nitrogens with zero attached hydrogens (tertiary/aromatic N) is 2. The first-order chi connectivity index (χ1) is 13.2. The summed E-state index contributed by atoms with van der Waals surface area (Å²) in [4.78, 5) is 1.79. The zero-order chi connectivity index (χ0) is 20.1. The molecule has 1 aliphatic heterocycles. The quantitative estimate of drug-likeness (QED) is 0.688. The van der Waals surface area contributed by atoms with Crippen molar-refractivity contribution in [1.29, 1.82) is 0 Å². The fourth-order valence-electron chi connectivity index (χ4n) is 4.31. The van der Waals surface area contributed by atoms with Gasteiger partial charge in [-0.25, -0.2) is 0 Å². The van der Waals surface area contributed by atoms with Gasteiger partial charge in [0.2, 0.25) is 0 Å². The monoisotopic (exact) mass is 432 g/mol. The van der Waals surface area contributed by atoms with Gasteiger partial charge in [0.15, 0.2) is 0 Å². The van der Waals surface area contributed by atoms with Crippen molar-refractivity contribution in [3.8, 4) is 0 Å². The molecular formula is C20H21Cl2F3N2O. The molecule has 0 amide bonds. The van der Waals surface area contributed by atoms with E-state index in [1.54, 1.807) is 11.0 Å². The molecular weight excluding hydrogens is 412 g/mol. The molecule has 1 aromatic heterocycles. The van der Waals surface area contributed by atoms with Crippen LogP contribution >= 0.6 is 23.2 Å². The molecule has 1 N–H and O–H groups in total. The van der Waals surface area contributed by atoms with E-state index in [-0.39, 0.29) is 18.0 Å². The first-order valence-corrected chi connectivity index (χ1v) is 10.2. The predicted octanol–water partition coefficient (Wildman–Crippen LogP) is 5.03. The minimum absolute atomic E-state index is 0.0560. The molecule has 2 aliphatic rings. The number of hydrogen-bond acceptors (Lipinski definition) is 2. The molecule has 152 valence electrons. The molecule has 1 unspecified atom stereocenters. The van der Waals surface area contributed by atoms with E-state index in [1.165, 1.54) is 0 Å². The van der Waals surface area contributed by atoms with E-state index in [2.05, 4.69) is 4.57 Å². The highest BCUT2D eigenvalue weighted by Crippen LogP contribution is 2.38. The van der Waals surface area contributed by atoms with Gasteiger partial charge in [-0.05, 0) is 42.7 Å². The highest BCUT2D eigenvalue weighted by Gasteiger charge is 2.35. The van der Waals surface area contributed by atoms with Crippen molar-refractivity contribution in [3.05, 3.63) is 40.6 Å². The average Bonchev–Trinajstić information content (AvgIpc) is 2.93. The van der Waals surface area contributed by atoms with Crippen LogP contribution in [0.4, 0.5) is 13.2 Å². The summed E-state index contributed by atoms with van der Waals surface area (Å²) in [6.45, 7) is 0.772. The van der Waals surface area contributed by atoms with E-state index < -0.39 is 18.7 Å². The second-order valence-electron chi connectivity index (χ2n) is 7.56. The molecule has 1 aromatic carbocycles. The van der Waals surface area contributed by atoms with Crippen molar-refractivity contribution in [2.75, 3.05) is 19.6 Å². The van der Waals surface area contributed by atoms with Crippen LogP contribution < -0.4 is 0 Å². The molecule has 0 bridgehead atoms. The fourth-order valence-corrected chi connectivity index (χ4v) is 4.71. The van der Waals surface area contributed by atoms with Gasteiger partial charge in [-0.3, -0.25) is 0 Å². The lowest BCUT2D eigenvalue weighted by Gasteiger charge is -2.38. The zero-order valence-electron chi connectivity index (χ0n) is 15.1. The van der Waals surface area contributed by atoms with Gasteiger partial charge in [0.05, 0.1) is 23.9 Å². The molecule has 3 nitrogen and oxygen atoms in total. The van der Waals surface area contributed by atoms with E-state index in [0.717, 1.165) is 22.2 Å². The summed E-state index contributed by atoms with van der Waals surface area (Å²) in [5.74, 6) is 0. The highest BCUT2D eigenvalue weighted by molar-refractivity contribution is 6.31. The predicted molar refractivity (Wildman–Crippen MR) is 106 cm³/mol. The SMILES string of the molecule is O[C@@H]1CCN(CCC(F)(F)F)C[C@H]1n1c2c(c3cc(Cl)ccc31)CC(Cl)C=C2. The Balaban J connectivity index is 1.73. The second-order valence-corrected chi connectivity index (χ2v) is 8.56. The maximum Gasteiger partial charge on any atom is 0.390 e. The first kappa shape index (κ1) is 20.1. The Morgan fingerprint density at radius 2 is 2.04 bits per heavy atom. The number of aromatic nitrogens is 1. The third-order valence-electron chi connectivity index (χ3n) is 5.65. The van der Waals surface area contributed by atoms with Crippen LogP contribution in [0.1, 0.15) is 30.1 Å².